The van der Waals surface area contributed by atoms with Crippen molar-refractivity contribution < 1.29 is 24.2 Å². The van der Waals surface area contributed by atoms with Crippen LogP contribution in [0.25, 0.3) is 16.5 Å². The second-order valence-corrected chi connectivity index (χ2v) is 7.27. The lowest BCUT2D eigenvalue weighted by Crippen LogP contribution is -2.22. The lowest BCUT2D eigenvalue weighted by Gasteiger charge is -2.22. The summed E-state index contributed by atoms with van der Waals surface area (Å²) in [5.41, 5.74) is 3.68. The van der Waals surface area contributed by atoms with Crippen LogP contribution in [-0.2, 0) is 16.2 Å². The van der Waals surface area contributed by atoms with Gasteiger partial charge in [0.2, 0.25) is 6.79 Å². The number of aromatic amines is 1. The number of carboxylic acid groups (broad SMARTS) is 1. The Hall–Kier alpha value is -3.45. The van der Waals surface area contributed by atoms with E-state index in [0.29, 0.717) is 24.6 Å². The third-order valence-corrected chi connectivity index (χ3v) is 5.30. The third-order valence-electron chi connectivity index (χ3n) is 5.30. The number of carbonyl (C=O) groups is 1. The molecule has 0 aliphatic carbocycles. The summed E-state index contributed by atoms with van der Waals surface area (Å²) in [7, 11) is 0. The number of hydroxylamine groups is 2. The van der Waals surface area contributed by atoms with E-state index in [-0.39, 0.29) is 18.3 Å². The predicted molar refractivity (Wildman–Crippen MR) is 106 cm³/mol. The van der Waals surface area contributed by atoms with E-state index in [1.54, 1.807) is 11.3 Å². The Labute approximate surface area is 167 Å². The first kappa shape index (κ1) is 17.6. The number of nitrogens with one attached hydrogen (secondary N) is 1. The molecular formula is C22H20N2O5. The summed E-state index contributed by atoms with van der Waals surface area (Å²) in [5, 5.41) is 12.5. The lowest BCUT2D eigenvalue weighted by atomic mass is 9.96. The molecule has 7 nitrogen and oxygen atoms in total. The predicted octanol–water partition coefficient (Wildman–Crippen LogP) is 3.87. The molecule has 2 aliphatic heterocycles. The van der Waals surface area contributed by atoms with E-state index >= 15 is 0 Å². The molecule has 0 saturated heterocycles. The Kier molecular flexibility index (Phi) is 4.17. The van der Waals surface area contributed by atoms with E-state index in [2.05, 4.69) is 11.9 Å². The van der Waals surface area contributed by atoms with Crippen molar-refractivity contribution in [2.24, 2.45) is 0 Å². The molecule has 2 aliphatic rings. The van der Waals surface area contributed by atoms with E-state index in [1.807, 2.05) is 42.5 Å². The molecule has 3 aromatic rings. The zero-order chi connectivity index (χ0) is 20.0. The maximum atomic E-state index is 12.0. The minimum atomic E-state index is -0.997. The van der Waals surface area contributed by atoms with Gasteiger partial charge in [0.1, 0.15) is 12.2 Å². The Morgan fingerprint density at radius 2 is 2.07 bits per heavy atom. The van der Waals surface area contributed by atoms with E-state index in [9.17, 15) is 9.90 Å². The summed E-state index contributed by atoms with van der Waals surface area (Å²) in [6, 6.07) is 13.5. The number of hydrogen-bond acceptors (Lipinski definition) is 5. The van der Waals surface area contributed by atoms with Gasteiger partial charge in [0, 0.05) is 23.0 Å². The summed E-state index contributed by atoms with van der Waals surface area (Å²) in [6.45, 7) is 3.13. The van der Waals surface area contributed by atoms with Gasteiger partial charge >= 0.3 is 5.97 Å². The molecule has 0 fully saturated rings. The average Bonchev–Trinajstić information content (AvgIpc) is 3.30. The van der Waals surface area contributed by atoms with Crippen LogP contribution in [-0.4, -0.2) is 34.5 Å². The van der Waals surface area contributed by atoms with Crippen molar-refractivity contribution in [3.63, 3.8) is 0 Å². The maximum absolute atomic E-state index is 12.0. The minimum Gasteiger partial charge on any atom is -0.478 e. The molecule has 0 radical (unpaired) electrons. The van der Waals surface area contributed by atoms with Crippen LogP contribution in [0.15, 0.2) is 48.7 Å². The Bertz CT molecular complexity index is 1130. The van der Waals surface area contributed by atoms with E-state index in [0.717, 1.165) is 27.8 Å². The molecule has 1 aromatic heterocycles. The zero-order valence-corrected chi connectivity index (χ0v) is 15.8. The molecular weight excluding hydrogens is 372 g/mol. The summed E-state index contributed by atoms with van der Waals surface area (Å²) in [6.07, 6.45) is 1.56. The number of fused-ring (bicyclic) bond motifs is 4. The van der Waals surface area contributed by atoms with E-state index in [1.165, 1.54) is 0 Å². The second kappa shape index (κ2) is 6.86. The topological polar surface area (TPSA) is 84.0 Å². The van der Waals surface area contributed by atoms with Gasteiger partial charge in [-0.2, -0.15) is 0 Å². The molecule has 3 heterocycles. The smallest absolute Gasteiger partial charge is 0.339 e. The molecule has 148 valence electrons. The molecule has 0 saturated carbocycles. The van der Waals surface area contributed by atoms with Gasteiger partial charge in [0.05, 0.1) is 12.2 Å². The molecule has 1 atom stereocenters. The van der Waals surface area contributed by atoms with Crippen LogP contribution in [0.3, 0.4) is 0 Å². The fourth-order valence-electron chi connectivity index (χ4n) is 3.95. The fourth-order valence-corrected chi connectivity index (χ4v) is 3.95. The highest BCUT2D eigenvalue weighted by Gasteiger charge is 2.28. The monoisotopic (exact) mass is 392 g/mol. The molecule has 1 unspecified atom stereocenters. The number of rotatable bonds is 4. The van der Waals surface area contributed by atoms with Crippen molar-refractivity contribution in [2.45, 2.75) is 19.4 Å². The van der Waals surface area contributed by atoms with Crippen molar-refractivity contribution in [2.75, 3.05) is 13.3 Å². The Morgan fingerprint density at radius 3 is 2.93 bits per heavy atom. The zero-order valence-electron chi connectivity index (χ0n) is 15.8. The number of nitrogens with zero attached hydrogens (tertiary/aromatic N) is 1. The van der Waals surface area contributed by atoms with Gasteiger partial charge in [0.25, 0.3) is 0 Å². The molecule has 5 rings (SSSR count). The van der Waals surface area contributed by atoms with Gasteiger partial charge in [-0.15, -0.1) is 0 Å². The van der Waals surface area contributed by atoms with Gasteiger partial charge in [0.15, 0.2) is 11.5 Å². The Morgan fingerprint density at radius 1 is 1.24 bits per heavy atom. The van der Waals surface area contributed by atoms with E-state index in [4.69, 9.17) is 14.3 Å². The first-order chi connectivity index (χ1) is 14.1. The van der Waals surface area contributed by atoms with Crippen LogP contribution in [0.5, 0.6) is 11.5 Å². The average molecular weight is 392 g/mol. The largest absolute Gasteiger partial charge is 0.478 e. The molecule has 2 aromatic carbocycles. The van der Waals surface area contributed by atoms with Crippen molar-refractivity contribution in [3.8, 4) is 11.5 Å². The van der Waals surface area contributed by atoms with Gasteiger partial charge in [-0.05, 0) is 29.3 Å². The Balaban J connectivity index is 1.44. The van der Waals surface area contributed by atoms with Crippen molar-refractivity contribution in [1.29, 1.82) is 0 Å². The highest BCUT2D eigenvalue weighted by Crippen LogP contribution is 2.37. The van der Waals surface area contributed by atoms with Crippen LogP contribution in [0.4, 0.5) is 0 Å². The van der Waals surface area contributed by atoms with Crippen LogP contribution in [0.2, 0.25) is 0 Å². The van der Waals surface area contributed by atoms with Crippen molar-refractivity contribution in [3.05, 3.63) is 65.5 Å². The first-order valence-corrected chi connectivity index (χ1v) is 9.44. The standard InChI is InChI=1S/C22H20N2O5/c1-13-9-24(29-11-14-6-7-18-19(8-14)28-12-27-18)10-16(22(25)26)21-20(13)15-4-2-3-5-17(15)23-21/h2-8,10,13,23H,9,11-12H2,1H3,(H,25,26). The molecule has 0 spiro atoms. The number of hydrogen-bond donors (Lipinski definition) is 2. The second-order valence-electron chi connectivity index (χ2n) is 7.27. The van der Waals surface area contributed by atoms with Crippen molar-refractivity contribution in [1.82, 2.24) is 10.0 Å². The minimum absolute atomic E-state index is 0.0750. The van der Waals surface area contributed by atoms with Gasteiger partial charge in [-0.3, -0.25) is 9.90 Å². The number of aliphatic carboxylic acids is 1. The number of H-pyrrole nitrogens is 1. The summed E-state index contributed by atoms with van der Waals surface area (Å²) >= 11 is 0. The molecule has 0 bridgehead atoms. The number of aromatic nitrogens is 1. The maximum Gasteiger partial charge on any atom is 0.339 e. The highest BCUT2D eigenvalue weighted by molar-refractivity contribution is 6.16. The quantitative estimate of drug-likeness (QED) is 0.701. The summed E-state index contributed by atoms with van der Waals surface area (Å²) in [5.74, 6) is 0.490. The molecule has 2 N–H and O–H groups in total. The molecule has 7 heteroatoms. The molecule has 0 amide bonds. The number of para-hydroxylation sites is 1. The van der Waals surface area contributed by atoms with Crippen molar-refractivity contribution >= 4 is 22.4 Å². The van der Waals surface area contributed by atoms with Crippen LogP contribution in [0.1, 0.15) is 29.7 Å². The fraction of sp³-hybridized carbons (Fsp3) is 0.227. The summed E-state index contributed by atoms with van der Waals surface area (Å²) < 4.78 is 10.7. The van der Waals surface area contributed by atoms with Crippen LogP contribution < -0.4 is 9.47 Å². The van der Waals surface area contributed by atoms with Gasteiger partial charge in [-0.1, -0.05) is 31.2 Å². The van der Waals surface area contributed by atoms with E-state index < -0.39 is 5.97 Å². The van der Waals surface area contributed by atoms with Crippen LogP contribution >= 0.6 is 0 Å². The SMILES string of the molecule is CC1CN(OCc2ccc3c(c2)OCO3)C=C(C(=O)O)c2[nH]c3ccccc3c21. The van der Waals surface area contributed by atoms with Gasteiger partial charge in [-0.25, -0.2) is 4.79 Å². The molecule has 29 heavy (non-hydrogen) atoms. The van der Waals surface area contributed by atoms with Gasteiger partial charge < -0.3 is 19.6 Å². The first-order valence-electron chi connectivity index (χ1n) is 9.44. The number of ether oxygens (including phenoxy) is 2. The lowest BCUT2D eigenvalue weighted by molar-refractivity contribution is -0.136. The van der Waals surface area contributed by atoms with Crippen LogP contribution in [0, 0.1) is 0 Å². The number of benzene rings is 2. The summed E-state index contributed by atoms with van der Waals surface area (Å²) in [4.78, 5) is 21.2. The third kappa shape index (κ3) is 3.09. The normalized spacial score (nSPS) is 17.8. The highest BCUT2D eigenvalue weighted by atomic mass is 16.7. The number of carboxylic acids is 1.